The molecule has 0 aliphatic carbocycles. The van der Waals surface area contributed by atoms with Crippen molar-refractivity contribution in [2.45, 2.75) is 45.4 Å². The van der Waals surface area contributed by atoms with E-state index in [0.717, 1.165) is 13.0 Å². The van der Waals surface area contributed by atoms with Crippen LogP contribution in [0.4, 0.5) is 0 Å². The van der Waals surface area contributed by atoms with Crippen LogP contribution in [0.5, 0.6) is 0 Å². The Kier molecular flexibility index (Phi) is 10.1. The largest absolute Gasteiger partial charge is 0.255 e. The van der Waals surface area contributed by atoms with Gasteiger partial charge in [-0.05, 0) is 6.42 Å². The van der Waals surface area contributed by atoms with Crippen LogP contribution in [0.25, 0.3) is 0 Å². The average Bonchev–Trinajstić information content (AvgIpc) is 2.27. The summed E-state index contributed by atoms with van der Waals surface area (Å²) in [5.41, 5.74) is 0. The molecule has 0 N–H and O–H groups in total. The zero-order chi connectivity index (χ0) is 11.4. The van der Waals surface area contributed by atoms with Gasteiger partial charge in [-0.25, -0.2) is 0 Å². The van der Waals surface area contributed by atoms with E-state index in [1.807, 2.05) is 0 Å². The predicted octanol–water partition coefficient (Wildman–Crippen LogP) is 4.30. The molecule has 0 rings (SSSR count). The summed E-state index contributed by atoms with van der Waals surface area (Å²) < 4.78 is 0. The van der Waals surface area contributed by atoms with Gasteiger partial charge in [-0.1, -0.05) is 57.4 Å². The van der Waals surface area contributed by atoms with Crippen LogP contribution in [0.2, 0.25) is 0 Å². The van der Waals surface area contributed by atoms with Gasteiger partial charge < -0.3 is 0 Å². The SMILES string of the molecule is C=CN=NN(C=C)CCCCCCCC. The highest BCUT2D eigenvalue weighted by Crippen LogP contribution is 2.06. The lowest BCUT2D eigenvalue weighted by molar-refractivity contribution is 0.360. The van der Waals surface area contributed by atoms with E-state index in [1.165, 1.54) is 38.3 Å². The summed E-state index contributed by atoms with van der Waals surface area (Å²) in [6, 6.07) is 0. The molecular formula is C12H23N3. The lowest BCUT2D eigenvalue weighted by atomic mass is 10.1. The van der Waals surface area contributed by atoms with Crippen molar-refractivity contribution in [2.75, 3.05) is 6.54 Å². The first-order valence-electron chi connectivity index (χ1n) is 5.76. The molecule has 15 heavy (non-hydrogen) atoms. The van der Waals surface area contributed by atoms with E-state index < -0.39 is 0 Å². The molecule has 0 unspecified atom stereocenters. The number of rotatable bonds is 10. The second-order valence-corrected chi connectivity index (χ2v) is 3.50. The normalized spacial score (nSPS) is 10.5. The van der Waals surface area contributed by atoms with Crippen molar-refractivity contribution in [1.82, 2.24) is 5.01 Å². The van der Waals surface area contributed by atoms with E-state index in [2.05, 4.69) is 30.4 Å². The van der Waals surface area contributed by atoms with Gasteiger partial charge in [-0.3, -0.25) is 5.01 Å². The van der Waals surface area contributed by atoms with Gasteiger partial charge >= 0.3 is 0 Å². The third-order valence-corrected chi connectivity index (χ3v) is 2.20. The summed E-state index contributed by atoms with van der Waals surface area (Å²) in [4.78, 5) is 0. The molecule has 3 nitrogen and oxygen atoms in total. The molecule has 0 aliphatic rings. The topological polar surface area (TPSA) is 28.0 Å². The molecule has 3 heteroatoms. The molecule has 0 atom stereocenters. The third-order valence-electron chi connectivity index (χ3n) is 2.20. The minimum absolute atomic E-state index is 0.896. The summed E-state index contributed by atoms with van der Waals surface area (Å²) in [6.45, 7) is 10.3. The van der Waals surface area contributed by atoms with Gasteiger partial charge in [-0.15, -0.1) is 5.11 Å². The van der Waals surface area contributed by atoms with Crippen molar-refractivity contribution >= 4 is 0 Å². The highest BCUT2D eigenvalue weighted by atomic mass is 15.5. The number of hydrogen-bond donors (Lipinski definition) is 0. The molecule has 0 heterocycles. The number of hydrogen-bond acceptors (Lipinski definition) is 2. The second-order valence-electron chi connectivity index (χ2n) is 3.50. The van der Waals surface area contributed by atoms with Gasteiger partial charge in [0, 0.05) is 18.9 Å². The van der Waals surface area contributed by atoms with Crippen molar-refractivity contribution < 1.29 is 0 Å². The first-order valence-corrected chi connectivity index (χ1v) is 5.76. The van der Waals surface area contributed by atoms with E-state index in [9.17, 15) is 0 Å². The standard InChI is InChI=1S/C12H23N3/c1-4-7-8-9-10-11-12-15(6-3)14-13-5-2/h5-6H,2-4,7-12H2,1H3. The minimum atomic E-state index is 0.896. The van der Waals surface area contributed by atoms with Crippen molar-refractivity contribution in [3.05, 3.63) is 25.6 Å². The fourth-order valence-electron chi connectivity index (χ4n) is 1.33. The second kappa shape index (κ2) is 11.0. The van der Waals surface area contributed by atoms with Crippen LogP contribution < -0.4 is 0 Å². The molecule has 0 radical (unpaired) electrons. The van der Waals surface area contributed by atoms with Crippen LogP contribution >= 0.6 is 0 Å². The Morgan fingerprint density at radius 2 is 1.73 bits per heavy atom. The van der Waals surface area contributed by atoms with Crippen LogP contribution in [-0.2, 0) is 0 Å². The van der Waals surface area contributed by atoms with Crippen molar-refractivity contribution in [3.8, 4) is 0 Å². The summed E-state index contributed by atoms with van der Waals surface area (Å²) in [5.74, 6) is 0. The third kappa shape index (κ3) is 9.19. The fourth-order valence-corrected chi connectivity index (χ4v) is 1.33. The molecule has 0 aromatic rings. The van der Waals surface area contributed by atoms with Crippen molar-refractivity contribution in [1.29, 1.82) is 0 Å². The van der Waals surface area contributed by atoms with E-state index in [1.54, 1.807) is 11.2 Å². The molecule has 86 valence electrons. The predicted molar refractivity (Wildman–Crippen MR) is 65.3 cm³/mol. The molecule has 0 aromatic carbocycles. The van der Waals surface area contributed by atoms with Gasteiger partial charge in [0.05, 0.1) is 0 Å². The van der Waals surface area contributed by atoms with Gasteiger partial charge in [0.1, 0.15) is 0 Å². The zero-order valence-corrected chi connectivity index (χ0v) is 9.86. The Bertz CT molecular complexity index is 187. The Morgan fingerprint density at radius 3 is 2.33 bits per heavy atom. The van der Waals surface area contributed by atoms with Crippen LogP contribution in [-0.4, -0.2) is 11.6 Å². The summed E-state index contributed by atoms with van der Waals surface area (Å²) in [5, 5.41) is 9.38. The minimum Gasteiger partial charge on any atom is -0.255 e. The lowest BCUT2D eigenvalue weighted by Gasteiger charge is -2.10. The molecular weight excluding hydrogens is 186 g/mol. The van der Waals surface area contributed by atoms with Gasteiger partial charge in [0.2, 0.25) is 0 Å². The molecule has 0 saturated heterocycles. The highest BCUT2D eigenvalue weighted by molar-refractivity contribution is 4.67. The number of nitrogens with zero attached hydrogens (tertiary/aromatic N) is 3. The maximum atomic E-state index is 3.92. The average molecular weight is 209 g/mol. The first kappa shape index (κ1) is 13.9. The lowest BCUT2D eigenvalue weighted by Crippen LogP contribution is -2.09. The Hall–Kier alpha value is -1.12. The smallest absolute Gasteiger partial charge is 0.0441 e. The molecule has 0 spiro atoms. The Balaban J connectivity index is 3.42. The monoisotopic (exact) mass is 209 g/mol. The number of unbranched alkanes of at least 4 members (excludes halogenated alkanes) is 5. The Labute approximate surface area is 93.6 Å². The maximum Gasteiger partial charge on any atom is 0.0441 e. The van der Waals surface area contributed by atoms with E-state index in [4.69, 9.17) is 0 Å². The van der Waals surface area contributed by atoms with Gasteiger partial charge in [-0.2, -0.15) is 0 Å². The van der Waals surface area contributed by atoms with Crippen LogP contribution in [0.3, 0.4) is 0 Å². The maximum absolute atomic E-state index is 3.92. The molecule has 0 amide bonds. The fraction of sp³-hybridized carbons (Fsp3) is 0.667. The van der Waals surface area contributed by atoms with Crippen LogP contribution in [0.1, 0.15) is 45.4 Å². The first-order chi connectivity index (χ1) is 7.35. The van der Waals surface area contributed by atoms with Crippen molar-refractivity contribution in [3.63, 3.8) is 0 Å². The van der Waals surface area contributed by atoms with Gasteiger partial charge in [0.25, 0.3) is 0 Å². The molecule has 0 aromatic heterocycles. The molecule has 0 fully saturated rings. The molecule has 0 saturated carbocycles. The Morgan fingerprint density at radius 1 is 1.07 bits per heavy atom. The molecule has 0 aliphatic heterocycles. The quantitative estimate of drug-likeness (QED) is 0.299. The van der Waals surface area contributed by atoms with Gasteiger partial charge in [0.15, 0.2) is 0 Å². The van der Waals surface area contributed by atoms with Crippen LogP contribution in [0, 0.1) is 0 Å². The summed E-state index contributed by atoms with van der Waals surface area (Å²) in [6.07, 6.45) is 10.8. The van der Waals surface area contributed by atoms with E-state index >= 15 is 0 Å². The summed E-state index contributed by atoms with van der Waals surface area (Å²) >= 11 is 0. The highest BCUT2D eigenvalue weighted by Gasteiger charge is 1.95. The van der Waals surface area contributed by atoms with Crippen molar-refractivity contribution in [2.24, 2.45) is 10.3 Å². The van der Waals surface area contributed by atoms with E-state index in [-0.39, 0.29) is 0 Å². The zero-order valence-electron chi connectivity index (χ0n) is 9.86. The summed E-state index contributed by atoms with van der Waals surface area (Å²) in [7, 11) is 0. The molecule has 0 bridgehead atoms. The van der Waals surface area contributed by atoms with Crippen LogP contribution in [0.15, 0.2) is 35.9 Å². The van der Waals surface area contributed by atoms with E-state index in [0.29, 0.717) is 0 Å².